The van der Waals surface area contributed by atoms with Crippen LogP contribution in [0.15, 0.2) is 12.6 Å². The molecule has 0 unspecified atom stereocenters. The Morgan fingerprint density at radius 3 is 1.67 bits per heavy atom. The predicted octanol–water partition coefficient (Wildman–Crippen LogP) is 1.28. The van der Waals surface area contributed by atoms with Gasteiger partial charge in [-0.15, -0.1) is 12.6 Å². The van der Waals surface area contributed by atoms with E-state index in [9.17, 15) is 0 Å². The summed E-state index contributed by atoms with van der Waals surface area (Å²) in [5.41, 5.74) is 0. The molecule has 0 aliphatic heterocycles. The Hall–Kier alpha value is 0.155. The van der Waals surface area contributed by atoms with E-state index in [1.54, 1.807) is 11.8 Å². The third-order valence-electron chi connectivity index (χ3n) is 0. The Morgan fingerprint density at radius 1 is 1.67 bits per heavy atom. The molecule has 0 saturated heterocycles. The molecule has 0 heterocycles. The van der Waals surface area contributed by atoms with Gasteiger partial charge in [-0.1, -0.05) is 0 Å². The topological polar surface area (TPSA) is 0 Å². The maximum atomic E-state index is 4.61. The van der Waals surface area contributed by atoms with E-state index >= 15 is 0 Å². The molecule has 0 bridgehead atoms. The van der Waals surface area contributed by atoms with Crippen molar-refractivity contribution in [1.29, 1.82) is 0 Å². The SMILES string of the molecule is CSC.[B]C=C. The minimum Gasteiger partial charge on any atom is -0.169 e. The lowest BCUT2D eigenvalue weighted by molar-refractivity contribution is 2.37. The first-order chi connectivity index (χ1) is 2.83. The van der Waals surface area contributed by atoms with Crippen LogP contribution >= 0.6 is 11.8 Å². The lowest BCUT2D eigenvalue weighted by atomic mass is 10.2. The second-order valence-electron chi connectivity index (χ2n) is 0.644. The van der Waals surface area contributed by atoms with Crippen molar-refractivity contribution in [3.8, 4) is 0 Å². The fourth-order valence-corrected chi connectivity index (χ4v) is 0. The van der Waals surface area contributed by atoms with Gasteiger partial charge >= 0.3 is 0 Å². The molecule has 0 fully saturated rings. The highest BCUT2D eigenvalue weighted by Gasteiger charge is 1.32. The molecular formula is C4H9BS. The highest BCUT2D eigenvalue weighted by molar-refractivity contribution is 7.97. The van der Waals surface area contributed by atoms with Crippen molar-refractivity contribution < 1.29 is 0 Å². The molecule has 0 spiro atoms. The molecule has 0 nitrogen and oxygen atoms in total. The van der Waals surface area contributed by atoms with Gasteiger partial charge in [-0.05, 0) is 12.5 Å². The Kier molecular flexibility index (Phi) is 30.3. The van der Waals surface area contributed by atoms with E-state index in [2.05, 4.69) is 14.4 Å². The van der Waals surface area contributed by atoms with Crippen LogP contribution < -0.4 is 0 Å². The molecular weight excluding hydrogens is 90.9 g/mol. The normalized spacial score (nSPS) is 5.00. The van der Waals surface area contributed by atoms with Crippen LogP contribution in [0.1, 0.15) is 0 Å². The number of thioether (sulfide) groups is 1. The zero-order chi connectivity index (χ0) is 5.41. The summed E-state index contributed by atoms with van der Waals surface area (Å²) in [7, 11) is 4.61. The third-order valence-corrected chi connectivity index (χ3v) is 0. The maximum absolute atomic E-state index is 4.61. The van der Waals surface area contributed by atoms with Crippen molar-refractivity contribution in [3.05, 3.63) is 12.6 Å². The molecule has 0 aliphatic rings. The van der Waals surface area contributed by atoms with Gasteiger partial charge in [-0.3, -0.25) is 0 Å². The molecule has 2 heteroatoms. The second kappa shape index (κ2) is 19.2. The maximum Gasteiger partial charge on any atom is 0.102 e. The standard InChI is InChI=1S/C2H3B.C2H6S/c1-2-3;1-3-2/h2H,1H2;1-2H3. The quantitative estimate of drug-likeness (QED) is 0.413. The second-order valence-corrected chi connectivity index (χ2v) is 1.46. The number of rotatable bonds is 0. The van der Waals surface area contributed by atoms with Gasteiger partial charge in [0, 0.05) is 0 Å². The molecule has 0 atom stereocenters. The minimum absolute atomic E-state index is 1.25. The number of hydrogen-bond donors (Lipinski definition) is 0. The summed E-state index contributed by atoms with van der Waals surface area (Å²) in [6.45, 7) is 3.14. The molecule has 34 valence electrons. The van der Waals surface area contributed by atoms with Crippen LogP contribution in [-0.4, -0.2) is 20.4 Å². The first-order valence-corrected chi connectivity index (χ1v) is 3.19. The smallest absolute Gasteiger partial charge is 0.102 e. The summed E-state index contributed by atoms with van der Waals surface area (Å²) in [6, 6.07) is 0. The average Bonchev–Trinajstić information content (AvgIpc) is 1.39. The highest BCUT2D eigenvalue weighted by Crippen LogP contribution is 1.70. The lowest BCUT2D eigenvalue weighted by Gasteiger charge is -1.51. The van der Waals surface area contributed by atoms with E-state index in [-0.39, 0.29) is 0 Å². The summed E-state index contributed by atoms with van der Waals surface area (Å²) in [5, 5.41) is 0. The lowest BCUT2D eigenvalue weighted by Crippen LogP contribution is -1.29. The largest absolute Gasteiger partial charge is 0.169 e. The van der Waals surface area contributed by atoms with Crippen LogP contribution in [0.25, 0.3) is 0 Å². The minimum atomic E-state index is 1.25. The van der Waals surface area contributed by atoms with E-state index in [1.165, 1.54) is 5.98 Å². The molecule has 2 radical (unpaired) electrons. The molecule has 0 rings (SSSR count). The van der Waals surface area contributed by atoms with Crippen molar-refractivity contribution in [1.82, 2.24) is 0 Å². The zero-order valence-corrected chi connectivity index (χ0v) is 5.09. The van der Waals surface area contributed by atoms with Gasteiger partial charge in [-0.25, -0.2) is 0 Å². The van der Waals surface area contributed by atoms with Crippen LogP contribution in [0.3, 0.4) is 0 Å². The summed E-state index contributed by atoms with van der Waals surface area (Å²) >= 11 is 1.75. The van der Waals surface area contributed by atoms with Crippen molar-refractivity contribution in [2.75, 3.05) is 12.5 Å². The fourth-order valence-electron chi connectivity index (χ4n) is 0. The Bertz CT molecular complexity index is 21.5. The zero-order valence-electron chi connectivity index (χ0n) is 4.27. The van der Waals surface area contributed by atoms with Crippen molar-refractivity contribution >= 4 is 19.6 Å². The van der Waals surface area contributed by atoms with Crippen LogP contribution in [0.2, 0.25) is 0 Å². The van der Waals surface area contributed by atoms with Gasteiger partial charge in [0.25, 0.3) is 0 Å². The van der Waals surface area contributed by atoms with Crippen molar-refractivity contribution in [3.63, 3.8) is 0 Å². The monoisotopic (exact) mass is 100 g/mol. The molecule has 0 saturated carbocycles. The molecule has 0 N–H and O–H groups in total. The van der Waals surface area contributed by atoms with Crippen LogP contribution in [0.5, 0.6) is 0 Å². The molecule has 6 heavy (non-hydrogen) atoms. The average molecular weight is 100.0 g/mol. The van der Waals surface area contributed by atoms with Gasteiger partial charge < -0.3 is 0 Å². The summed E-state index contributed by atoms with van der Waals surface area (Å²) in [4.78, 5) is 0. The third kappa shape index (κ3) is 1720. The van der Waals surface area contributed by atoms with Gasteiger partial charge in [0.15, 0.2) is 0 Å². The van der Waals surface area contributed by atoms with E-state index in [4.69, 9.17) is 0 Å². The Morgan fingerprint density at radius 2 is 1.67 bits per heavy atom. The highest BCUT2D eigenvalue weighted by atomic mass is 32.2. The van der Waals surface area contributed by atoms with E-state index < -0.39 is 0 Å². The van der Waals surface area contributed by atoms with E-state index in [1.807, 2.05) is 12.5 Å². The Balaban J connectivity index is 0. The molecule has 0 aromatic rings. The van der Waals surface area contributed by atoms with Crippen LogP contribution in [-0.2, 0) is 0 Å². The van der Waals surface area contributed by atoms with Gasteiger partial charge in [0.2, 0.25) is 0 Å². The summed E-state index contributed by atoms with van der Waals surface area (Å²) < 4.78 is 0. The molecule has 0 aliphatic carbocycles. The Labute approximate surface area is 45.4 Å². The van der Waals surface area contributed by atoms with Gasteiger partial charge in [0.05, 0.1) is 0 Å². The summed E-state index contributed by atoms with van der Waals surface area (Å²) in [6.07, 6.45) is 4.08. The molecule has 0 aromatic heterocycles. The van der Waals surface area contributed by atoms with Gasteiger partial charge in [-0.2, -0.15) is 11.8 Å². The van der Waals surface area contributed by atoms with Crippen molar-refractivity contribution in [2.45, 2.75) is 0 Å². The fraction of sp³-hybridized carbons (Fsp3) is 0.500. The van der Waals surface area contributed by atoms with Crippen LogP contribution in [0.4, 0.5) is 0 Å². The van der Waals surface area contributed by atoms with Gasteiger partial charge in [0.1, 0.15) is 7.85 Å². The van der Waals surface area contributed by atoms with E-state index in [0.717, 1.165) is 0 Å². The van der Waals surface area contributed by atoms with E-state index in [0.29, 0.717) is 0 Å². The van der Waals surface area contributed by atoms with Crippen molar-refractivity contribution in [2.24, 2.45) is 0 Å². The van der Waals surface area contributed by atoms with Crippen LogP contribution in [0, 0.1) is 0 Å². The predicted molar refractivity (Wildman–Crippen MR) is 35.4 cm³/mol. The molecule has 0 amide bonds. The molecule has 0 aromatic carbocycles. The first-order valence-electron chi connectivity index (χ1n) is 1.56. The number of hydrogen-bond acceptors (Lipinski definition) is 1. The summed E-state index contributed by atoms with van der Waals surface area (Å²) in [5.74, 6) is 1.25. The first kappa shape index (κ1) is 9.47.